The lowest BCUT2D eigenvalue weighted by Crippen LogP contribution is -2.60. The molecule has 1 N–H and O–H groups in total. The molecule has 0 saturated heterocycles. The molecule has 0 bridgehead atoms. The van der Waals surface area contributed by atoms with Crippen molar-refractivity contribution < 1.29 is 32.4 Å². The number of anilines is 1. The van der Waals surface area contributed by atoms with Gasteiger partial charge in [0.05, 0.1) is 0 Å². The van der Waals surface area contributed by atoms with E-state index >= 15 is 0 Å². The molecule has 2 aromatic carbocycles. The third kappa shape index (κ3) is 4.74. The molecule has 9 nitrogen and oxygen atoms in total. The van der Waals surface area contributed by atoms with E-state index in [0.717, 1.165) is 0 Å². The van der Waals surface area contributed by atoms with Crippen molar-refractivity contribution in [1.82, 2.24) is 14.6 Å². The molecule has 2 aliphatic rings. The van der Waals surface area contributed by atoms with Gasteiger partial charge in [-0.25, -0.2) is 4.52 Å². The van der Waals surface area contributed by atoms with E-state index in [1.165, 1.54) is 21.7 Å². The predicted octanol–water partition coefficient (Wildman–Crippen LogP) is 5.60. The predicted molar refractivity (Wildman–Crippen MR) is 138 cm³/mol. The number of hydrogen-bond acceptors (Lipinski definition) is 7. The molecule has 6 rings (SSSR count). The largest absolute Gasteiger partial charge is 0.586 e. The Hall–Kier alpha value is -4.25. The fraction of sp³-hybridized carbons (Fsp3) is 0.321. The normalized spacial score (nSPS) is 17.4. The van der Waals surface area contributed by atoms with Gasteiger partial charge in [-0.1, -0.05) is 36.4 Å². The summed E-state index contributed by atoms with van der Waals surface area (Å²) in [6.07, 6.45) is -1.17. The number of carbonyl (C=O) groups is 1. The Bertz CT molecular complexity index is 1550. The molecule has 0 spiro atoms. The smallest absolute Gasteiger partial charge is 0.413 e. The number of rotatable bonds is 3. The maximum Gasteiger partial charge on any atom is 0.586 e. The van der Waals surface area contributed by atoms with Gasteiger partial charge in [-0.15, -0.1) is 18.5 Å². The van der Waals surface area contributed by atoms with E-state index in [9.17, 15) is 13.6 Å². The second kappa shape index (κ2) is 8.91. The minimum absolute atomic E-state index is 0.0593. The Labute approximate surface area is 223 Å². The number of carbonyl (C=O) groups excluding carboxylic acids is 1. The summed E-state index contributed by atoms with van der Waals surface area (Å²) in [4.78, 5) is 18.3. The van der Waals surface area contributed by atoms with Gasteiger partial charge in [0, 0.05) is 30.2 Å². The van der Waals surface area contributed by atoms with Crippen molar-refractivity contribution >= 4 is 17.7 Å². The van der Waals surface area contributed by atoms with E-state index < -0.39 is 18.0 Å². The highest BCUT2D eigenvalue weighted by Gasteiger charge is 2.46. The van der Waals surface area contributed by atoms with Gasteiger partial charge in [-0.3, -0.25) is 0 Å². The SMILES string of the molecule is CC(C)(C)OC(=O)[N+]1(Nc2nc3c(-c4cccc5c4OC(F)(F)O5)cccn3n2)CCc2ccccc2CC1. The van der Waals surface area contributed by atoms with Crippen LogP contribution in [0.1, 0.15) is 31.9 Å². The van der Waals surface area contributed by atoms with Crippen LogP contribution < -0.4 is 14.9 Å². The van der Waals surface area contributed by atoms with Crippen LogP contribution in [0.25, 0.3) is 16.8 Å². The number of quaternary nitrogens is 1. The van der Waals surface area contributed by atoms with E-state index in [1.807, 2.05) is 32.9 Å². The maximum atomic E-state index is 13.8. The van der Waals surface area contributed by atoms with Crippen molar-refractivity contribution in [2.75, 3.05) is 18.5 Å². The van der Waals surface area contributed by atoms with Crippen molar-refractivity contribution in [3.8, 4) is 22.6 Å². The molecule has 39 heavy (non-hydrogen) atoms. The van der Waals surface area contributed by atoms with Crippen molar-refractivity contribution in [3.05, 3.63) is 71.9 Å². The van der Waals surface area contributed by atoms with Gasteiger partial charge in [0.2, 0.25) is 0 Å². The number of benzene rings is 2. The van der Waals surface area contributed by atoms with Crippen molar-refractivity contribution in [2.24, 2.45) is 0 Å². The fourth-order valence-electron chi connectivity index (χ4n) is 5.01. The Morgan fingerprint density at radius 2 is 1.69 bits per heavy atom. The standard InChI is InChI=1S/C28H28F2N5O4/c1-27(2,3)39-26(36)35(16-13-18-8-4-5-9-19(18)14-17-35)33-25-31-24-21(11-7-15-34(24)32-25)20-10-6-12-22-23(20)38-28(29,30)37-22/h4-12,15H,13-14,16-17H2,1-3H3,(H,32,33)/q+1. The van der Waals surface area contributed by atoms with Crippen molar-refractivity contribution in [2.45, 2.75) is 45.5 Å². The summed E-state index contributed by atoms with van der Waals surface area (Å²) in [5.74, 6) is 0.0703. The van der Waals surface area contributed by atoms with Crippen LogP contribution in [0, 0.1) is 0 Å². The molecule has 0 saturated carbocycles. The third-order valence-corrected chi connectivity index (χ3v) is 6.78. The average molecular weight is 537 g/mol. The number of pyridine rings is 1. The Kier molecular flexibility index (Phi) is 5.72. The first-order chi connectivity index (χ1) is 18.5. The lowest BCUT2D eigenvalue weighted by atomic mass is 10.0. The zero-order chi connectivity index (χ0) is 27.4. The zero-order valence-electron chi connectivity index (χ0n) is 21.8. The van der Waals surface area contributed by atoms with Gasteiger partial charge in [0.25, 0.3) is 5.95 Å². The summed E-state index contributed by atoms with van der Waals surface area (Å²) in [6.45, 7) is 6.35. The van der Waals surface area contributed by atoms with E-state index in [4.69, 9.17) is 9.47 Å². The number of alkyl halides is 2. The van der Waals surface area contributed by atoms with E-state index in [0.29, 0.717) is 42.7 Å². The number of amides is 1. The highest BCUT2D eigenvalue weighted by molar-refractivity contribution is 5.84. The first kappa shape index (κ1) is 25.1. The first-order valence-electron chi connectivity index (χ1n) is 12.7. The summed E-state index contributed by atoms with van der Waals surface area (Å²) < 4.78 is 44.3. The highest BCUT2D eigenvalue weighted by Crippen LogP contribution is 2.47. The number of halogens is 2. The zero-order valence-corrected chi connectivity index (χ0v) is 21.8. The number of ether oxygens (including phenoxy) is 3. The Morgan fingerprint density at radius 3 is 2.38 bits per heavy atom. The quantitative estimate of drug-likeness (QED) is 0.341. The van der Waals surface area contributed by atoms with Gasteiger partial charge in [-0.2, -0.15) is 15.2 Å². The number of nitrogens with zero attached hydrogens (tertiary/aromatic N) is 4. The minimum Gasteiger partial charge on any atom is -0.413 e. The topological polar surface area (TPSA) is 87.0 Å². The lowest BCUT2D eigenvalue weighted by Gasteiger charge is -2.34. The van der Waals surface area contributed by atoms with Crippen LogP contribution in [-0.2, 0) is 17.6 Å². The molecule has 0 unspecified atom stereocenters. The molecule has 202 valence electrons. The molecular formula is C28H28F2N5O4+. The van der Waals surface area contributed by atoms with Crippen LogP contribution in [0.2, 0.25) is 0 Å². The van der Waals surface area contributed by atoms with Crippen LogP contribution in [0.4, 0.5) is 19.5 Å². The Morgan fingerprint density at radius 1 is 1.00 bits per heavy atom. The summed E-state index contributed by atoms with van der Waals surface area (Å²) >= 11 is 0. The van der Waals surface area contributed by atoms with Crippen LogP contribution in [0.3, 0.4) is 0 Å². The van der Waals surface area contributed by atoms with Crippen molar-refractivity contribution in [3.63, 3.8) is 0 Å². The summed E-state index contributed by atoms with van der Waals surface area (Å²) in [6, 6.07) is 16.3. The Balaban J connectivity index is 1.39. The number of fused-ring (bicyclic) bond motifs is 3. The highest BCUT2D eigenvalue weighted by atomic mass is 19.3. The summed E-state index contributed by atoms with van der Waals surface area (Å²) in [5, 5.41) is 4.57. The van der Waals surface area contributed by atoms with Crippen LogP contribution in [0.5, 0.6) is 11.5 Å². The van der Waals surface area contributed by atoms with Gasteiger partial charge in [-0.05, 0) is 50.1 Å². The second-order valence-corrected chi connectivity index (χ2v) is 10.7. The molecular weight excluding hydrogens is 508 g/mol. The first-order valence-corrected chi connectivity index (χ1v) is 12.7. The molecule has 0 atom stereocenters. The van der Waals surface area contributed by atoms with E-state index in [1.54, 1.807) is 30.5 Å². The van der Waals surface area contributed by atoms with Crippen LogP contribution in [0.15, 0.2) is 60.8 Å². The van der Waals surface area contributed by atoms with Gasteiger partial charge >= 0.3 is 12.4 Å². The summed E-state index contributed by atoms with van der Waals surface area (Å²) in [7, 11) is 0. The monoisotopic (exact) mass is 536 g/mol. The number of para-hydroxylation sites is 1. The lowest BCUT2D eigenvalue weighted by molar-refractivity contribution is -0.836. The molecule has 1 amide bonds. The third-order valence-electron chi connectivity index (χ3n) is 6.78. The minimum atomic E-state index is -3.75. The van der Waals surface area contributed by atoms with Gasteiger partial charge in [0.1, 0.15) is 18.7 Å². The van der Waals surface area contributed by atoms with Crippen LogP contribution >= 0.6 is 0 Å². The molecule has 4 aromatic rings. The molecule has 0 radical (unpaired) electrons. The fourth-order valence-corrected chi connectivity index (χ4v) is 5.01. The molecule has 2 aromatic heterocycles. The number of nitrogens with one attached hydrogen (secondary N) is 1. The molecule has 11 heteroatoms. The van der Waals surface area contributed by atoms with E-state index in [2.05, 4.69) is 32.4 Å². The number of hydrogen-bond donors (Lipinski definition) is 1. The average Bonchev–Trinajstić information content (AvgIpc) is 3.36. The van der Waals surface area contributed by atoms with Crippen LogP contribution in [-0.4, -0.2) is 50.3 Å². The molecule has 0 fully saturated rings. The number of aromatic nitrogens is 3. The molecule has 4 heterocycles. The molecule has 2 aliphatic heterocycles. The van der Waals surface area contributed by atoms with Gasteiger partial charge in [0.15, 0.2) is 17.1 Å². The summed E-state index contributed by atoms with van der Waals surface area (Å²) in [5.41, 5.74) is 6.24. The van der Waals surface area contributed by atoms with E-state index in [-0.39, 0.29) is 22.0 Å². The molecule has 0 aliphatic carbocycles. The van der Waals surface area contributed by atoms with Gasteiger partial charge < -0.3 is 14.2 Å². The second-order valence-electron chi connectivity index (χ2n) is 10.7. The maximum absolute atomic E-state index is 13.8. The van der Waals surface area contributed by atoms with Crippen molar-refractivity contribution in [1.29, 1.82) is 0 Å².